The van der Waals surface area contributed by atoms with E-state index in [-0.39, 0.29) is 18.3 Å². The number of halogens is 1. The van der Waals surface area contributed by atoms with Crippen LogP contribution < -0.4 is 4.74 Å². The molecule has 2 rings (SSSR count). The highest BCUT2D eigenvalue weighted by Gasteiger charge is 2.29. The van der Waals surface area contributed by atoms with Gasteiger partial charge >= 0.3 is 0 Å². The molecule has 0 N–H and O–H groups in total. The van der Waals surface area contributed by atoms with Gasteiger partial charge in [-0.25, -0.2) is 0 Å². The topological polar surface area (TPSA) is 26.3 Å². The summed E-state index contributed by atoms with van der Waals surface area (Å²) in [4.78, 5) is 11.3. The van der Waals surface area contributed by atoms with Crippen LogP contribution in [0.25, 0.3) is 0 Å². The first-order valence-corrected chi connectivity index (χ1v) is 5.04. The van der Waals surface area contributed by atoms with Crippen LogP contribution in [0.5, 0.6) is 5.75 Å². The molecule has 1 aromatic rings. The normalized spacial score (nSPS) is 15.2. The Morgan fingerprint density at radius 1 is 1.36 bits per heavy atom. The Balaban J connectivity index is 1.85. The number of ketones is 1. The van der Waals surface area contributed by atoms with Gasteiger partial charge in [0.25, 0.3) is 0 Å². The van der Waals surface area contributed by atoms with Gasteiger partial charge in [-0.3, -0.25) is 4.79 Å². The molecule has 14 heavy (non-hydrogen) atoms. The number of ether oxygens (including phenoxy) is 1. The molecule has 0 amide bonds. The lowest BCUT2D eigenvalue weighted by atomic mass is 10.3. The van der Waals surface area contributed by atoms with Gasteiger partial charge < -0.3 is 4.74 Å². The lowest BCUT2D eigenvalue weighted by Crippen LogP contribution is -2.12. The molecule has 0 bridgehead atoms. The monoisotopic (exact) mass is 210 g/mol. The molecule has 0 heterocycles. The van der Waals surface area contributed by atoms with E-state index in [0.717, 1.165) is 12.8 Å². The summed E-state index contributed by atoms with van der Waals surface area (Å²) in [5, 5.41) is 0.672. The van der Waals surface area contributed by atoms with Crippen LogP contribution in [0.4, 0.5) is 0 Å². The molecular formula is C11H11ClO2. The number of hydrogen-bond donors (Lipinski definition) is 0. The number of carbonyl (C=O) groups excluding carboxylic acids is 1. The Kier molecular flexibility index (Phi) is 2.73. The van der Waals surface area contributed by atoms with E-state index in [4.69, 9.17) is 16.3 Å². The van der Waals surface area contributed by atoms with Crippen LogP contribution in [-0.2, 0) is 4.79 Å². The SMILES string of the molecule is O=C(COc1ccc(Cl)cc1)C1CC1. The number of Topliss-reactive ketones (excluding diaryl/α,β-unsaturated/α-hetero) is 1. The van der Waals surface area contributed by atoms with Gasteiger partial charge in [-0.15, -0.1) is 0 Å². The third-order valence-corrected chi connectivity index (χ3v) is 2.48. The second-order valence-electron chi connectivity index (χ2n) is 3.48. The molecule has 1 aliphatic carbocycles. The molecule has 0 saturated heterocycles. The zero-order valence-corrected chi connectivity index (χ0v) is 8.46. The molecule has 0 radical (unpaired) electrons. The number of benzene rings is 1. The van der Waals surface area contributed by atoms with Crippen molar-refractivity contribution in [3.05, 3.63) is 29.3 Å². The van der Waals surface area contributed by atoms with Crippen molar-refractivity contribution in [1.29, 1.82) is 0 Å². The molecule has 74 valence electrons. The van der Waals surface area contributed by atoms with Gasteiger partial charge in [-0.1, -0.05) is 11.6 Å². The van der Waals surface area contributed by atoms with Gasteiger partial charge in [0.1, 0.15) is 12.4 Å². The van der Waals surface area contributed by atoms with Gasteiger partial charge in [-0.2, -0.15) is 0 Å². The molecule has 3 heteroatoms. The third-order valence-electron chi connectivity index (χ3n) is 2.23. The average Bonchev–Trinajstić information content (AvgIpc) is 3.00. The van der Waals surface area contributed by atoms with E-state index in [1.54, 1.807) is 24.3 Å². The van der Waals surface area contributed by atoms with Crippen molar-refractivity contribution in [2.24, 2.45) is 5.92 Å². The van der Waals surface area contributed by atoms with Crippen molar-refractivity contribution in [2.45, 2.75) is 12.8 Å². The molecular weight excluding hydrogens is 200 g/mol. The highest BCUT2D eigenvalue weighted by atomic mass is 35.5. The van der Waals surface area contributed by atoms with Crippen molar-refractivity contribution >= 4 is 17.4 Å². The van der Waals surface area contributed by atoms with Crippen LogP contribution in [0.3, 0.4) is 0 Å². The van der Waals surface area contributed by atoms with Crippen molar-refractivity contribution < 1.29 is 9.53 Å². The van der Waals surface area contributed by atoms with Crippen molar-refractivity contribution in [2.75, 3.05) is 6.61 Å². The van der Waals surface area contributed by atoms with Crippen LogP contribution >= 0.6 is 11.6 Å². The standard InChI is InChI=1S/C11H11ClO2/c12-9-3-5-10(6-4-9)14-7-11(13)8-1-2-8/h3-6,8H,1-2,7H2. The molecule has 0 unspecified atom stereocenters. The second-order valence-corrected chi connectivity index (χ2v) is 3.92. The molecule has 1 fully saturated rings. The van der Waals surface area contributed by atoms with Gasteiger partial charge in [0.05, 0.1) is 0 Å². The Bertz CT molecular complexity index is 328. The maximum Gasteiger partial charge on any atom is 0.173 e. The Labute approximate surface area is 87.8 Å². The average molecular weight is 211 g/mol. The minimum Gasteiger partial charge on any atom is -0.486 e. The van der Waals surface area contributed by atoms with E-state index in [2.05, 4.69) is 0 Å². The van der Waals surface area contributed by atoms with E-state index in [1.807, 2.05) is 0 Å². The summed E-state index contributed by atoms with van der Waals surface area (Å²) in [6, 6.07) is 7.03. The first kappa shape index (κ1) is 9.53. The van der Waals surface area contributed by atoms with Crippen LogP contribution in [-0.4, -0.2) is 12.4 Å². The molecule has 0 aromatic heterocycles. The van der Waals surface area contributed by atoms with Crippen molar-refractivity contribution in [3.63, 3.8) is 0 Å². The van der Waals surface area contributed by atoms with E-state index < -0.39 is 0 Å². The van der Waals surface area contributed by atoms with Gasteiger partial charge in [0.15, 0.2) is 5.78 Å². The first-order valence-electron chi connectivity index (χ1n) is 4.67. The highest BCUT2D eigenvalue weighted by molar-refractivity contribution is 6.30. The summed E-state index contributed by atoms with van der Waals surface area (Å²) in [5.74, 6) is 1.17. The number of carbonyl (C=O) groups is 1. The lowest BCUT2D eigenvalue weighted by Gasteiger charge is -2.04. The van der Waals surface area contributed by atoms with Crippen molar-refractivity contribution in [3.8, 4) is 5.75 Å². The lowest BCUT2D eigenvalue weighted by molar-refractivity contribution is -0.122. The summed E-state index contributed by atoms with van der Waals surface area (Å²) >= 11 is 5.71. The highest BCUT2D eigenvalue weighted by Crippen LogP contribution is 2.29. The second kappa shape index (κ2) is 4.01. The van der Waals surface area contributed by atoms with Crippen LogP contribution in [0.1, 0.15) is 12.8 Å². The molecule has 1 aromatic carbocycles. The van der Waals surface area contributed by atoms with Gasteiger partial charge in [0, 0.05) is 10.9 Å². The summed E-state index contributed by atoms with van der Waals surface area (Å²) in [6.45, 7) is 0.187. The van der Waals surface area contributed by atoms with Gasteiger partial charge in [0.2, 0.25) is 0 Å². The molecule has 2 nitrogen and oxygen atoms in total. The van der Waals surface area contributed by atoms with Crippen LogP contribution in [0.15, 0.2) is 24.3 Å². The summed E-state index contributed by atoms with van der Waals surface area (Å²) < 4.78 is 5.32. The molecule has 1 saturated carbocycles. The molecule has 0 spiro atoms. The number of hydrogen-bond acceptors (Lipinski definition) is 2. The van der Waals surface area contributed by atoms with Gasteiger partial charge in [-0.05, 0) is 37.1 Å². The van der Waals surface area contributed by atoms with E-state index in [1.165, 1.54) is 0 Å². The quantitative estimate of drug-likeness (QED) is 0.764. The van der Waals surface area contributed by atoms with E-state index >= 15 is 0 Å². The minimum absolute atomic E-state index is 0.187. The fourth-order valence-corrected chi connectivity index (χ4v) is 1.33. The third kappa shape index (κ3) is 2.48. The zero-order chi connectivity index (χ0) is 9.97. The summed E-state index contributed by atoms with van der Waals surface area (Å²) in [7, 11) is 0. The molecule has 0 aliphatic heterocycles. The van der Waals surface area contributed by atoms with Crippen molar-refractivity contribution in [1.82, 2.24) is 0 Å². The maximum absolute atomic E-state index is 11.3. The van der Waals surface area contributed by atoms with Crippen LogP contribution in [0, 0.1) is 5.92 Å². The summed E-state index contributed by atoms with van der Waals surface area (Å²) in [6.07, 6.45) is 2.06. The first-order chi connectivity index (χ1) is 6.75. The summed E-state index contributed by atoms with van der Waals surface area (Å²) in [5.41, 5.74) is 0. The predicted octanol–water partition coefficient (Wildman–Crippen LogP) is 2.70. The smallest absolute Gasteiger partial charge is 0.173 e. The minimum atomic E-state index is 0.187. The largest absolute Gasteiger partial charge is 0.486 e. The van der Waals surface area contributed by atoms with E-state index in [9.17, 15) is 4.79 Å². The fourth-order valence-electron chi connectivity index (χ4n) is 1.21. The fraction of sp³-hybridized carbons (Fsp3) is 0.364. The molecule has 1 aliphatic rings. The maximum atomic E-state index is 11.3. The zero-order valence-electron chi connectivity index (χ0n) is 7.70. The Morgan fingerprint density at radius 3 is 2.57 bits per heavy atom. The Morgan fingerprint density at radius 2 is 2.00 bits per heavy atom. The number of rotatable bonds is 4. The Hall–Kier alpha value is -1.02. The van der Waals surface area contributed by atoms with E-state index in [0.29, 0.717) is 10.8 Å². The molecule has 0 atom stereocenters. The van der Waals surface area contributed by atoms with Crippen LogP contribution in [0.2, 0.25) is 5.02 Å². The predicted molar refractivity (Wildman–Crippen MR) is 54.7 cm³/mol.